The van der Waals surface area contributed by atoms with Gasteiger partial charge in [0.2, 0.25) is 5.95 Å². The van der Waals surface area contributed by atoms with Crippen LogP contribution in [-0.4, -0.2) is 27.7 Å². The summed E-state index contributed by atoms with van der Waals surface area (Å²) in [4.78, 5) is 7.33. The molecule has 1 aromatic carbocycles. The number of aromatic nitrogens is 2. The molecule has 0 bridgehead atoms. The minimum atomic E-state index is -4.76. The van der Waals surface area contributed by atoms with Gasteiger partial charge in [0.25, 0.3) is 0 Å². The molecule has 1 heterocycles. The first kappa shape index (κ1) is 21.7. The molecular weight excluding hydrogens is 390 g/mol. The molecule has 5 nitrogen and oxygen atoms in total. The Morgan fingerprint density at radius 3 is 2.04 bits per heavy atom. The van der Waals surface area contributed by atoms with Crippen LogP contribution in [0.15, 0.2) is 30.3 Å². The van der Waals surface area contributed by atoms with Crippen LogP contribution in [0.1, 0.15) is 25.1 Å². The maximum absolute atomic E-state index is 13.1. The summed E-state index contributed by atoms with van der Waals surface area (Å²) in [5.41, 5.74) is -2.00. The van der Waals surface area contributed by atoms with E-state index in [1.807, 2.05) is 0 Å². The molecule has 2 aromatic rings. The first-order valence-electron chi connectivity index (χ1n) is 8.18. The van der Waals surface area contributed by atoms with Gasteiger partial charge in [-0.15, -0.1) is 0 Å². The summed E-state index contributed by atoms with van der Waals surface area (Å²) in [6, 6.07) is 3.82. The number of halogens is 6. The molecule has 0 saturated carbocycles. The average molecular weight is 408 g/mol. The smallest absolute Gasteiger partial charge is 0.394 e. The molecule has 0 fully saturated rings. The van der Waals surface area contributed by atoms with Crippen molar-refractivity contribution in [2.75, 3.05) is 17.2 Å². The average Bonchev–Trinajstić information content (AvgIpc) is 2.58. The SMILES string of the molecule is CC(C)[C@@H](CO)Nc1nc(Nc2ccc(C(F)(F)F)cc2)cc(C(F)(F)F)n1. The standard InChI is InChI=1S/C17H18F6N4O/c1-9(2)12(8-28)25-15-26-13(17(21,22)23)7-14(27-15)24-11-5-3-10(4-6-11)16(18,19)20/h3-7,9,12,28H,8H2,1-2H3,(H2,24,25,26,27)/t12-/m1/s1. The van der Waals surface area contributed by atoms with Crippen molar-refractivity contribution in [3.8, 4) is 0 Å². The maximum atomic E-state index is 13.1. The number of aliphatic hydroxyl groups is 1. The molecule has 1 atom stereocenters. The van der Waals surface area contributed by atoms with E-state index < -0.39 is 29.7 Å². The molecule has 0 radical (unpaired) electrons. The van der Waals surface area contributed by atoms with Crippen molar-refractivity contribution in [2.24, 2.45) is 5.92 Å². The van der Waals surface area contributed by atoms with Crippen molar-refractivity contribution in [3.05, 3.63) is 41.6 Å². The number of nitrogens with zero attached hydrogens (tertiary/aromatic N) is 2. The van der Waals surface area contributed by atoms with Gasteiger partial charge in [0.15, 0.2) is 5.69 Å². The fourth-order valence-corrected chi connectivity index (χ4v) is 2.20. The Labute approximate surface area is 156 Å². The van der Waals surface area contributed by atoms with Crippen molar-refractivity contribution in [2.45, 2.75) is 32.2 Å². The third-order valence-corrected chi connectivity index (χ3v) is 3.82. The molecule has 3 N–H and O–H groups in total. The third kappa shape index (κ3) is 5.72. The molecular formula is C17H18F6N4O. The van der Waals surface area contributed by atoms with Gasteiger partial charge in [-0.3, -0.25) is 0 Å². The van der Waals surface area contributed by atoms with E-state index in [2.05, 4.69) is 20.6 Å². The van der Waals surface area contributed by atoms with Gasteiger partial charge in [-0.1, -0.05) is 13.8 Å². The Hall–Kier alpha value is -2.56. The zero-order chi connectivity index (χ0) is 21.1. The fraction of sp³-hybridized carbons (Fsp3) is 0.412. The van der Waals surface area contributed by atoms with Crippen LogP contribution in [0.4, 0.5) is 43.8 Å². The summed E-state index contributed by atoms with van der Waals surface area (Å²) in [6.07, 6.45) is -9.29. The van der Waals surface area contributed by atoms with Crippen molar-refractivity contribution >= 4 is 17.5 Å². The Morgan fingerprint density at radius 2 is 1.57 bits per heavy atom. The lowest BCUT2D eigenvalue weighted by Gasteiger charge is -2.21. The van der Waals surface area contributed by atoms with Crippen LogP contribution in [0.3, 0.4) is 0 Å². The van der Waals surface area contributed by atoms with Crippen LogP contribution in [0.25, 0.3) is 0 Å². The Bertz CT molecular complexity index is 790. The number of aliphatic hydroxyl groups excluding tert-OH is 1. The van der Waals surface area contributed by atoms with E-state index in [4.69, 9.17) is 0 Å². The van der Waals surface area contributed by atoms with Gasteiger partial charge in [0, 0.05) is 11.8 Å². The predicted octanol–water partition coefficient (Wildman–Crippen LogP) is 4.69. The molecule has 0 aliphatic carbocycles. The number of hydrogen-bond acceptors (Lipinski definition) is 5. The van der Waals surface area contributed by atoms with Gasteiger partial charge in [-0.2, -0.15) is 31.3 Å². The summed E-state index contributed by atoms with van der Waals surface area (Å²) in [6.45, 7) is 3.16. The summed E-state index contributed by atoms with van der Waals surface area (Å²) in [7, 11) is 0. The van der Waals surface area contributed by atoms with Crippen LogP contribution >= 0.6 is 0 Å². The van der Waals surface area contributed by atoms with Gasteiger partial charge in [0.1, 0.15) is 5.82 Å². The molecule has 2 rings (SSSR count). The Morgan fingerprint density at radius 1 is 0.964 bits per heavy atom. The molecule has 28 heavy (non-hydrogen) atoms. The second kappa shape index (κ2) is 8.21. The highest BCUT2D eigenvalue weighted by Gasteiger charge is 2.34. The third-order valence-electron chi connectivity index (χ3n) is 3.82. The van der Waals surface area contributed by atoms with E-state index in [-0.39, 0.29) is 30.0 Å². The minimum absolute atomic E-state index is 0.116. The highest BCUT2D eigenvalue weighted by atomic mass is 19.4. The highest BCUT2D eigenvalue weighted by molar-refractivity contribution is 5.58. The normalized spacial score (nSPS) is 13.5. The fourth-order valence-electron chi connectivity index (χ4n) is 2.20. The second-order valence-electron chi connectivity index (χ2n) is 6.34. The molecule has 0 aliphatic heterocycles. The van der Waals surface area contributed by atoms with Gasteiger partial charge in [0.05, 0.1) is 18.2 Å². The summed E-state index contributed by atoms with van der Waals surface area (Å²) in [5.74, 6) is -0.739. The summed E-state index contributed by atoms with van der Waals surface area (Å²) < 4.78 is 77.2. The Kier molecular flexibility index (Phi) is 6.37. The second-order valence-corrected chi connectivity index (χ2v) is 6.34. The van der Waals surface area contributed by atoms with Crippen LogP contribution in [0.5, 0.6) is 0 Å². The molecule has 0 amide bonds. The zero-order valence-corrected chi connectivity index (χ0v) is 14.9. The monoisotopic (exact) mass is 408 g/mol. The summed E-state index contributed by atoms with van der Waals surface area (Å²) in [5, 5.41) is 14.5. The molecule has 154 valence electrons. The molecule has 1 aromatic heterocycles. The quantitative estimate of drug-likeness (QED) is 0.606. The van der Waals surface area contributed by atoms with Crippen molar-refractivity contribution in [1.29, 1.82) is 0 Å². The minimum Gasteiger partial charge on any atom is -0.394 e. The van der Waals surface area contributed by atoms with Gasteiger partial charge in [-0.25, -0.2) is 4.98 Å². The molecule has 0 unspecified atom stereocenters. The summed E-state index contributed by atoms with van der Waals surface area (Å²) >= 11 is 0. The number of alkyl halides is 6. The molecule has 11 heteroatoms. The number of nitrogens with one attached hydrogen (secondary N) is 2. The van der Waals surface area contributed by atoms with E-state index >= 15 is 0 Å². The van der Waals surface area contributed by atoms with Gasteiger partial charge < -0.3 is 15.7 Å². The number of hydrogen-bond donors (Lipinski definition) is 3. The lowest BCUT2D eigenvalue weighted by molar-refractivity contribution is -0.141. The predicted molar refractivity (Wildman–Crippen MR) is 91.1 cm³/mol. The first-order chi connectivity index (χ1) is 12.9. The molecule has 0 spiro atoms. The number of anilines is 3. The van der Waals surface area contributed by atoms with Crippen LogP contribution in [0.2, 0.25) is 0 Å². The van der Waals surface area contributed by atoms with Gasteiger partial charge in [-0.05, 0) is 30.2 Å². The van der Waals surface area contributed by atoms with E-state index in [1.54, 1.807) is 13.8 Å². The van der Waals surface area contributed by atoms with Gasteiger partial charge >= 0.3 is 12.4 Å². The van der Waals surface area contributed by atoms with Crippen LogP contribution in [-0.2, 0) is 12.4 Å². The number of benzene rings is 1. The lowest BCUT2D eigenvalue weighted by Crippen LogP contribution is -2.30. The lowest BCUT2D eigenvalue weighted by atomic mass is 10.1. The Balaban J connectivity index is 2.33. The van der Waals surface area contributed by atoms with E-state index in [0.717, 1.165) is 24.3 Å². The van der Waals surface area contributed by atoms with Crippen molar-refractivity contribution < 1.29 is 31.4 Å². The number of rotatable bonds is 6. The maximum Gasteiger partial charge on any atom is 0.433 e. The topological polar surface area (TPSA) is 70.1 Å². The molecule has 0 aliphatic rings. The zero-order valence-electron chi connectivity index (χ0n) is 14.9. The van der Waals surface area contributed by atoms with Crippen molar-refractivity contribution in [1.82, 2.24) is 9.97 Å². The highest BCUT2D eigenvalue weighted by Crippen LogP contribution is 2.32. The van der Waals surface area contributed by atoms with Crippen LogP contribution in [0, 0.1) is 5.92 Å². The van der Waals surface area contributed by atoms with E-state index in [0.29, 0.717) is 6.07 Å². The first-order valence-corrected chi connectivity index (χ1v) is 8.18. The van der Waals surface area contributed by atoms with Crippen molar-refractivity contribution in [3.63, 3.8) is 0 Å². The van der Waals surface area contributed by atoms with E-state index in [1.165, 1.54) is 0 Å². The van der Waals surface area contributed by atoms with E-state index in [9.17, 15) is 31.4 Å². The largest absolute Gasteiger partial charge is 0.433 e. The van der Waals surface area contributed by atoms with Crippen LogP contribution < -0.4 is 10.6 Å². The molecule has 0 saturated heterocycles.